The van der Waals surface area contributed by atoms with Gasteiger partial charge in [0.2, 0.25) is 0 Å². The number of pyridine rings is 1. The summed E-state index contributed by atoms with van der Waals surface area (Å²) in [5.74, 6) is -0.232. The quantitative estimate of drug-likeness (QED) is 0.794. The van der Waals surface area contributed by atoms with Crippen LogP contribution in [0.25, 0.3) is 0 Å². The number of aromatic nitrogens is 1. The van der Waals surface area contributed by atoms with Gasteiger partial charge in [-0.15, -0.1) is 0 Å². The summed E-state index contributed by atoms with van der Waals surface area (Å²) in [5.41, 5.74) is 3.02. The van der Waals surface area contributed by atoms with Crippen molar-refractivity contribution in [1.82, 2.24) is 10.3 Å². The molecule has 0 spiro atoms. The lowest BCUT2D eigenvalue weighted by atomic mass is 10.00. The zero-order valence-electron chi connectivity index (χ0n) is 15.6. The Labute approximate surface area is 171 Å². The Hall–Kier alpha value is -2.78. The van der Waals surface area contributed by atoms with E-state index in [4.69, 9.17) is 9.47 Å². The van der Waals surface area contributed by atoms with Crippen LogP contribution in [0, 0.1) is 6.92 Å². The van der Waals surface area contributed by atoms with Crippen molar-refractivity contribution < 1.29 is 24.2 Å². The molecule has 1 aromatic heterocycles. The number of carbonyl (C=O) groups excluding carboxylic acids is 1. The summed E-state index contributed by atoms with van der Waals surface area (Å²) in [7, 11) is 0. The molecule has 1 fully saturated rings. The molecule has 9 heteroatoms. The van der Waals surface area contributed by atoms with Crippen LogP contribution in [0.4, 0.5) is 16.2 Å². The van der Waals surface area contributed by atoms with E-state index in [1.54, 1.807) is 17.2 Å². The van der Waals surface area contributed by atoms with Gasteiger partial charge in [0, 0.05) is 18.2 Å². The third-order valence-corrected chi connectivity index (χ3v) is 6.63. The van der Waals surface area contributed by atoms with Crippen molar-refractivity contribution in [3.8, 4) is 5.75 Å². The number of nitrogens with one attached hydrogen (secondary N) is 1. The average molecular weight is 413 g/mol. The van der Waals surface area contributed by atoms with Gasteiger partial charge in [-0.3, -0.25) is 9.69 Å². The molecular weight excluding hydrogens is 394 g/mol. The Morgan fingerprint density at radius 2 is 2.24 bits per heavy atom. The second-order valence-corrected chi connectivity index (χ2v) is 8.37. The fraction of sp³-hybridized carbons (Fsp3) is 0.350. The largest absolute Gasteiger partial charge is 0.488 e. The van der Waals surface area contributed by atoms with Crippen molar-refractivity contribution in [3.63, 3.8) is 0 Å². The predicted molar refractivity (Wildman–Crippen MR) is 106 cm³/mol. The highest BCUT2D eigenvalue weighted by atomic mass is 32.2. The lowest BCUT2D eigenvalue weighted by molar-refractivity contribution is -0.136. The standard InChI is InChI=1S/C20H19N3O5S/c1-10-8-11(28-12-5-7-27-9-12)2-3-13(10)23-14-4-6-21-18-15(14)16(22-20(23)26)17(29-18)19(24)25/h2-4,6,8,12,16-17H,5,7,9H2,1H3,(H,22,26)(H,24,25)/t12?,16?,17-/m1/s1. The summed E-state index contributed by atoms with van der Waals surface area (Å²) >= 11 is 1.17. The van der Waals surface area contributed by atoms with Crippen molar-refractivity contribution in [2.24, 2.45) is 0 Å². The summed E-state index contributed by atoms with van der Waals surface area (Å²) in [6.45, 7) is 3.21. The third kappa shape index (κ3) is 3.01. The fourth-order valence-corrected chi connectivity index (χ4v) is 5.16. The number of carboxylic acid groups (broad SMARTS) is 1. The molecule has 0 aliphatic carbocycles. The maximum atomic E-state index is 13.0. The first-order valence-electron chi connectivity index (χ1n) is 9.37. The van der Waals surface area contributed by atoms with E-state index < -0.39 is 17.3 Å². The predicted octanol–water partition coefficient (Wildman–Crippen LogP) is 3.02. The van der Waals surface area contributed by atoms with E-state index in [-0.39, 0.29) is 12.1 Å². The van der Waals surface area contributed by atoms with Gasteiger partial charge < -0.3 is 19.9 Å². The molecule has 150 valence electrons. The number of ether oxygens (including phenoxy) is 2. The number of hydrogen-bond donors (Lipinski definition) is 2. The Kier molecular flexibility index (Phi) is 4.36. The minimum absolute atomic E-state index is 0.0488. The number of carbonyl (C=O) groups is 2. The highest BCUT2D eigenvalue weighted by Crippen LogP contribution is 2.50. The lowest BCUT2D eigenvalue weighted by Crippen LogP contribution is -2.47. The SMILES string of the molecule is Cc1cc(OC2CCOC2)ccc1N1C(=O)NC2c3c1ccnc3S[C@H]2C(=O)O. The molecular formula is C20H19N3O5S. The van der Waals surface area contributed by atoms with Crippen LogP contribution in [0.3, 0.4) is 0 Å². The van der Waals surface area contributed by atoms with Gasteiger partial charge >= 0.3 is 12.0 Å². The first kappa shape index (κ1) is 18.3. The first-order valence-corrected chi connectivity index (χ1v) is 10.2. The minimum atomic E-state index is -0.966. The Morgan fingerprint density at radius 1 is 1.38 bits per heavy atom. The normalized spacial score (nSPS) is 24.9. The van der Waals surface area contributed by atoms with Gasteiger partial charge in [-0.25, -0.2) is 9.78 Å². The Morgan fingerprint density at radius 3 is 2.97 bits per heavy atom. The van der Waals surface area contributed by atoms with Gasteiger partial charge in [0.05, 0.1) is 30.6 Å². The molecule has 5 rings (SSSR count). The maximum Gasteiger partial charge on any atom is 0.327 e. The highest BCUT2D eigenvalue weighted by molar-refractivity contribution is 8.00. The van der Waals surface area contributed by atoms with E-state index in [1.165, 1.54) is 11.8 Å². The van der Waals surface area contributed by atoms with Crippen LogP contribution in [0.5, 0.6) is 5.75 Å². The zero-order chi connectivity index (χ0) is 20.1. The Balaban J connectivity index is 1.51. The summed E-state index contributed by atoms with van der Waals surface area (Å²) in [6, 6.07) is 6.41. The molecule has 0 bridgehead atoms. The maximum absolute atomic E-state index is 13.0. The molecule has 4 heterocycles. The number of carboxylic acids is 1. The molecule has 2 N–H and O–H groups in total. The molecule has 0 radical (unpaired) electrons. The summed E-state index contributed by atoms with van der Waals surface area (Å²) < 4.78 is 11.3. The number of urea groups is 1. The number of benzene rings is 1. The first-order chi connectivity index (χ1) is 14.0. The average Bonchev–Trinajstić information content (AvgIpc) is 3.32. The molecule has 0 saturated carbocycles. The van der Waals surface area contributed by atoms with Crippen LogP contribution in [-0.4, -0.2) is 46.7 Å². The number of nitrogens with zero attached hydrogens (tertiary/aromatic N) is 2. The number of aliphatic carboxylic acids is 1. The molecule has 29 heavy (non-hydrogen) atoms. The van der Waals surface area contributed by atoms with Crippen LogP contribution in [0.15, 0.2) is 35.5 Å². The van der Waals surface area contributed by atoms with Crippen molar-refractivity contribution in [2.45, 2.75) is 35.8 Å². The van der Waals surface area contributed by atoms with E-state index in [9.17, 15) is 14.7 Å². The van der Waals surface area contributed by atoms with E-state index in [0.29, 0.717) is 29.6 Å². The van der Waals surface area contributed by atoms with Gasteiger partial charge in [-0.05, 0) is 36.8 Å². The molecule has 3 aliphatic rings. The van der Waals surface area contributed by atoms with Gasteiger partial charge in [0.25, 0.3) is 0 Å². The second-order valence-electron chi connectivity index (χ2n) is 7.24. The van der Waals surface area contributed by atoms with Crippen LogP contribution < -0.4 is 15.0 Å². The minimum Gasteiger partial charge on any atom is -0.488 e. The molecule has 2 aromatic rings. The molecule has 8 nitrogen and oxygen atoms in total. The molecule has 2 amide bonds. The van der Waals surface area contributed by atoms with Gasteiger partial charge in [-0.2, -0.15) is 0 Å². The van der Waals surface area contributed by atoms with E-state index >= 15 is 0 Å². The fourth-order valence-electron chi connectivity index (χ4n) is 4.00. The van der Waals surface area contributed by atoms with Crippen LogP contribution in [0.2, 0.25) is 0 Å². The number of aryl methyl sites for hydroxylation is 1. The van der Waals surface area contributed by atoms with Crippen molar-refractivity contribution in [3.05, 3.63) is 41.6 Å². The van der Waals surface area contributed by atoms with E-state index in [2.05, 4.69) is 10.3 Å². The van der Waals surface area contributed by atoms with Crippen LogP contribution in [0.1, 0.15) is 23.6 Å². The third-order valence-electron chi connectivity index (χ3n) is 5.35. The van der Waals surface area contributed by atoms with Gasteiger partial charge in [0.15, 0.2) is 0 Å². The molecule has 3 aliphatic heterocycles. The number of rotatable bonds is 4. The summed E-state index contributed by atoms with van der Waals surface area (Å²) in [5, 5.41) is 12.2. The summed E-state index contributed by atoms with van der Waals surface area (Å²) in [4.78, 5) is 30.5. The van der Waals surface area contributed by atoms with Crippen molar-refractivity contribution in [2.75, 3.05) is 18.1 Å². The molecule has 3 atom stereocenters. The van der Waals surface area contributed by atoms with Crippen molar-refractivity contribution >= 4 is 35.1 Å². The van der Waals surface area contributed by atoms with E-state index in [1.807, 2.05) is 25.1 Å². The number of amides is 2. The highest BCUT2D eigenvalue weighted by Gasteiger charge is 2.46. The van der Waals surface area contributed by atoms with Crippen LogP contribution in [-0.2, 0) is 9.53 Å². The lowest BCUT2D eigenvalue weighted by Gasteiger charge is -2.34. The number of thioether (sulfide) groups is 1. The van der Waals surface area contributed by atoms with Gasteiger partial charge in [0.1, 0.15) is 22.1 Å². The smallest absolute Gasteiger partial charge is 0.327 e. The summed E-state index contributed by atoms with van der Waals surface area (Å²) in [6.07, 6.45) is 2.52. The van der Waals surface area contributed by atoms with Crippen molar-refractivity contribution in [1.29, 1.82) is 0 Å². The molecule has 2 unspecified atom stereocenters. The zero-order valence-corrected chi connectivity index (χ0v) is 16.4. The topological polar surface area (TPSA) is 101 Å². The monoisotopic (exact) mass is 413 g/mol. The molecule has 1 aromatic carbocycles. The van der Waals surface area contributed by atoms with E-state index in [0.717, 1.165) is 23.3 Å². The number of hydrogen-bond acceptors (Lipinski definition) is 6. The second kappa shape index (κ2) is 6.93. The Bertz CT molecular complexity index is 1010. The van der Waals surface area contributed by atoms with Gasteiger partial charge in [-0.1, -0.05) is 11.8 Å². The van der Waals surface area contributed by atoms with Crippen LogP contribution >= 0.6 is 11.8 Å². The number of anilines is 2. The molecule has 1 saturated heterocycles.